The quantitative estimate of drug-likeness (QED) is 0.888. The first kappa shape index (κ1) is 16.7. The molecule has 0 spiro atoms. The summed E-state index contributed by atoms with van der Waals surface area (Å²) in [4.78, 5) is 23.5. The maximum atomic E-state index is 12.4. The summed E-state index contributed by atoms with van der Waals surface area (Å²) in [6.45, 7) is 5.96. The molecule has 0 fully saturated rings. The number of rotatable bonds is 5. The summed E-state index contributed by atoms with van der Waals surface area (Å²) in [5.41, 5.74) is 0.941. The number of carboxylic acids is 1. The van der Waals surface area contributed by atoms with Gasteiger partial charge in [-0.2, -0.15) is 5.10 Å². The van der Waals surface area contributed by atoms with E-state index in [2.05, 4.69) is 10.4 Å². The first-order valence-corrected chi connectivity index (χ1v) is 7.40. The van der Waals surface area contributed by atoms with Gasteiger partial charge in [0.05, 0.1) is 29.8 Å². The summed E-state index contributed by atoms with van der Waals surface area (Å²) >= 11 is 0. The Balaban J connectivity index is 2.17. The van der Waals surface area contributed by atoms with E-state index in [1.54, 1.807) is 23.0 Å². The third-order valence-electron chi connectivity index (χ3n) is 3.42. The van der Waals surface area contributed by atoms with Crippen molar-refractivity contribution in [2.75, 3.05) is 0 Å². The molecule has 1 amide bonds. The van der Waals surface area contributed by atoms with Crippen LogP contribution in [0.25, 0.3) is 0 Å². The molecule has 1 atom stereocenters. The van der Waals surface area contributed by atoms with Gasteiger partial charge in [-0.05, 0) is 26.3 Å². The molecule has 1 heterocycles. The van der Waals surface area contributed by atoms with Crippen molar-refractivity contribution in [1.82, 2.24) is 15.1 Å². The minimum absolute atomic E-state index is 0.177. The molecule has 1 unspecified atom stereocenters. The molecule has 6 nitrogen and oxygen atoms in total. The number of carbonyl (C=O) groups is 2. The van der Waals surface area contributed by atoms with Crippen molar-refractivity contribution < 1.29 is 14.7 Å². The molecule has 0 aliphatic heterocycles. The zero-order valence-electron chi connectivity index (χ0n) is 13.5. The van der Waals surface area contributed by atoms with Gasteiger partial charge in [0.25, 0.3) is 5.91 Å². The normalized spacial score (nSPS) is 12.7. The second-order valence-electron chi connectivity index (χ2n) is 6.38. The Bertz CT molecular complexity index is 687. The predicted molar refractivity (Wildman–Crippen MR) is 86.1 cm³/mol. The van der Waals surface area contributed by atoms with Gasteiger partial charge in [-0.1, -0.05) is 30.3 Å². The van der Waals surface area contributed by atoms with Crippen molar-refractivity contribution in [1.29, 1.82) is 0 Å². The molecule has 2 aromatic rings. The second-order valence-corrected chi connectivity index (χ2v) is 6.38. The van der Waals surface area contributed by atoms with Crippen molar-refractivity contribution in [2.45, 2.75) is 38.8 Å². The van der Waals surface area contributed by atoms with Crippen LogP contribution in [-0.4, -0.2) is 26.8 Å². The van der Waals surface area contributed by atoms with E-state index in [9.17, 15) is 9.59 Å². The lowest BCUT2D eigenvalue weighted by Crippen LogP contribution is -2.30. The fraction of sp³-hybridized carbons (Fsp3) is 0.353. The zero-order valence-corrected chi connectivity index (χ0v) is 13.5. The van der Waals surface area contributed by atoms with Gasteiger partial charge in [0, 0.05) is 6.20 Å². The average Bonchev–Trinajstić information content (AvgIpc) is 2.97. The molecule has 23 heavy (non-hydrogen) atoms. The highest BCUT2D eigenvalue weighted by molar-refractivity contribution is 5.94. The van der Waals surface area contributed by atoms with Crippen LogP contribution in [0.3, 0.4) is 0 Å². The van der Waals surface area contributed by atoms with Gasteiger partial charge in [0.1, 0.15) is 0 Å². The summed E-state index contributed by atoms with van der Waals surface area (Å²) in [7, 11) is 0. The lowest BCUT2D eigenvalue weighted by atomic mass is 10.0. The largest absolute Gasteiger partial charge is 0.481 e. The van der Waals surface area contributed by atoms with Crippen molar-refractivity contribution in [2.24, 2.45) is 0 Å². The molecule has 0 radical (unpaired) electrons. The van der Waals surface area contributed by atoms with Crippen LogP contribution < -0.4 is 5.32 Å². The van der Waals surface area contributed by atoms with Crippen molar-refractivity contribution in [3.8, 4) is 0 Å². The van der Waals surface area contributed by atoms with Crippen molar-refractivity contribution in [3.63, 3.8) is 0 Å². The van der Waals surface area contributed by atoms with E-state index in [1.807, 2.05) is 39.0 Å². The van der Waals surface area contributed by atoms with E-state index in [0.717, 1.165) is 5.56 Å². The molecular formula is C17H21N3O3. The van der Waals surface area contributed by atoms with Gasteiger partial charge in [0.15, 0.2) is 0 Å². The van der Waals surface area contributed by atoms with E-state index in [4.69, 9.17) is 5.11 Å². The smallest absolute Gasteiger partial charge is 0.305 e. The lowest BCUT2D eigenvalue weighted by Gasteiger charge is -2.19. The van der Waals surface area contributed by atoms with Gasteiger partial charge in [0.2, 0.25) is 0 Å². The molecule has 1 aromatic carbocycles. The SMILES string of the molecule is CC(C)(C)n1cc(C(=O)NC(CC(=O)O)c2ccccc2)cn1. The Hall–Kier alpha value is -2.63. The number of benzene rings is 1. The van der Waals surface area contributed by atoms with Crippen LogP contribution in [0.4, 0.5) is 0 Å². The Kier molecular flexibility index (Phi) is 4.83. The topological polar surface area (TPSA) is 84.2 Å². The fourth-order valence-corrected chi connectivity index (χ4v) is 2.16. The highest BCUT2D eigenvalue weighted by Gasteiger charge is 2.21. The molecule has 0 saturated heterocycles. The molecule has 2 N–H and O–H groups in total. The number of hydrogen-bond donors (Lipinski definition) is 2. The second kappa shape index (κ2) is 6.64. The average molecular weight is 315 g/mol. The highest BCUT2D eigenvalue weighted by Crippen LogP contribution is 2.18. The van der Waals surface area contributed by atoms with E-state index in [-0.39, 0.29) is 17.9 Å². The van der Waals surface area contributed by atoms with Crippen molar-refractivity contribution >= 4 is 11.9 Å². The minimum Gasteiger partial charge on any atom is -0.481 e. The zero-order chi connectivity index (χ0) is 17.0. The van der Waals surface area contributed by atoms with Gasteiger partial charge < -0.3 is 10.4 Å². The number of hydrogen-bond acceptors (Lipinski definition) is 3. The predicted octanol–water partition coefficient (Wildman–Crippen LogP) is 2.58. The van der Waals surface area contributed by atoms with Crippen LogP contribution in [0.5, 0.6) is 0 Å². The molecule has 0 bridgehead atoms. The summed E-state index contributed by atoms with van der Waals surface area (Å²) in [5.74, 6) is -1.31. The van der Waals surface area contributed by atoms with Gasteiger partial charge in [-0.25, -0.2) is 0 Å². The third kappa shape index (κ3) is 4.42. The number of nitrogens with zero attached hydrogens (tertiary/aromatic N) is 2. The van der Waals surface area contributed by atoms with Crippen LogP contribution >= 0.6 is 0 Å². The molecular weight excluding hydrogens is 294 g/mol. The van der Waals surface area contributed by atoms with Crippen LogP contribution in [0.2, 0.25) is 0 Å². The van der Waals surface area contributed by atoms with Gasteiger partial charge in [-0.3, -0.25) is 14.3 Å². The number of carbonyl (C=O) groups excluding carboxylic acids is 1. The Morgan fingerprint density at radius 2 is 1.91 bits per heavy atom. The molecule has 0 saturated carbocycles. The van der Waals surface area contributed by atoms with E-state index < -0.39 is 12.0 Å². The molecule has 2 rings (SSSR count). The van der Waals surface area contributed by atoms with Gasteiger partial charge >= 0.3 is 5.97 Å². The standard InChI is InChI=1S/C17H21N3O3/c1-17(2,3)20-11-13(10-18-20)16(23)19-14(9-15(21)22)12-7-5-4-6-8-12/h4-8,10-11,14H,9H2,1-3H3,(H,19,23)(H,21,22). The molecule has 0 aliphatic carbocycles. The molecule has 0 aliphatic rings. The van der Waals surface area contributed by atoms with Gasteiger partial charge in [-0.15, -0.1) is 0 Å². The summed E-state index contributed by atoms with van der Waals surface area (Å²) in [6, 6.07) is 8.48. The number of aromatic nitrogens is 2. The van der Waals surface area contributed by atoms with E-state index >= 15 is 0 Å². The first-order chi connectivity index (χ1) is 10.8. The Morgan fingerprint density at radius 3 is 2.43 bits per heavy atom. The monoisotopic (exact) mass is 315 g/mol. The van der Waals surface area contributed by atoms with Crippen LogP contribution in [0.1, 0.15) is 49.2 Å². The highest BCUT2D eigenvalue weighted by atomic mass is 16.4. The van der Waals surface area contributed by atoms with E-state index in [1.165, 1.54) is 6.20 Å². The summed E-state index contributed by atoms with van der Waals surface area (Å²) in [5, 5.41) is 16.0. The third-order valence-corrected chi connectivity index (χ3v) is 3.42. The maximum absolute atomic E-state index is 12.4. The lowest BCUT2D eigenvalue weighted by molar-refractivity contribution is -0.137. The number of amides is 1. The Labute approximate surface area is 135 Å². The number of carboxylic acid groups (broad SMARTS) is 1. The first-order valence-electron chi connectivity index (χ1n) is 7.40. The van der Waals surface area contributed by atoms with Crippen LogP contribution in [-0.2, 0) is 10.3 Å². The Morgan fingerprint density at radius 1 is 1.26 bits per heavy atom. The fourth-order valence-electron chi connectivity index (χ4n) is 2.16. The molecule has 1 aromatic heterocycles. The van der Waals surface area contributed by atoms with Crippen LogP contribution in [0, 0.1) is 0 Å². The minimum atomic E-state index is -0.968. The van der Waals surface area contributed by atoms with Crippen LogP contribution in [0.15, 0.2) is 42.7 Å². The number of nitrogens with one attached hydrogen (secondary N) is 1. The molecule has 122 valence electrons. The summed E-state index contributed by atoms with van der Waals surface area (Å²) < 4.78 is 1.70. The van der Waals surface area contributed by atoms with E-state index in [0.29, 0.717) is 5.56 Å². The molecule has 6 heteroatoms. The summed E-state index contributed by atoms with van der Waals surface area (Å²) in [6.07, 6.45) is 2.98. The van der Waals surface area contributed by atoms with Crippen molar-refractivity contribution in [3.05, 3.63) is 53.9 Å². The number of aliphatic carboxylic acids is 1. The maximum Gasteiger partial charge on any atom is 0.305 e.